The number of nitrogens with two attached hydrogens (primary N) is 1. The number of benzene rings is 1. The number of fused-ring (bicyclic) bond motifs is 1. The SMILES string of the molecule is CCOC(=O)c1ccn2c(-c3ccnc(N)n3)c(-c3cccc(C(F)(F)F)c3)nc2c1. The van der Waals surface area contributed by atoms with Crippen molar-refractivity contribution in [2.45, 2.75) is 13.1 Å². The van der Waals surface area contributed by atoms with Gasteiger partial charge in [-0.25, -0.2) is 19.7 Å². The second-order valence-corrected chi connectivity index (χ2v) is 6.55. The number of hydrogen-bond donors (Lipinski definition) is 1. The number of nitrogen functional groups attached to an aromatic ring is 1. The van der Waals surface area contributed by atoms with E-state index >= 15 is 0 Å². The molecule has 0 saturated heterocycles. The molecule has 10 heteroatoms. The van der Waals surface area contributed by atoms with E-state index in [0.29, 0.717) is 17.0 Å². The van der Waals surface area contributed by atoms with Crippen LogP contribution in [0, 0.1) is 0 Å². The van der Waals surface area contributed by atoms with E-state index in [4.69, 9.17) is 10.5 Å². The maximum atomic E-state index is 13.3. The summed E-state index contributed by atoms with van der Waals surface area (Å²) in [4.78, 5) is 24.7. The summed E-state index contributed by atoms with van der Waals surface area (Å²) in [6.45, 7) is 1.90. The van der Waals surface area contributed by atoms with E-state index in [1.165, 1.54) is 30.5 Å². The zero-order valence-corrected chi connectivity index (χ0v) is 16.2. The normalized spacial score (nSPS) is 11.6. The number of imidazole rings is 1. The summed E-state index contributed by atoms with van der Waals surface area (Å²) in [5.74, 6) is -0.521. The van der Waals surface area contributed by atoms with Crippen molar-refractivity contribution in [1.29, 1.82) is 0 Å². The predicted molar refractivity (Wildman–Crippen MR) is 107 cm³/mol. The molecule has 158 valence electrons. The van der Waals surface area contributed by atoms with E-state index in [1.54, 1.807) is 23.6 Å². The zero-order chi connectivity index (χ0) is 22.2. The van der Waals surface area contributed by atoms with Gasteiger partial charge in [0, 0.05) is 18.0 Å². The fourth-order valence-corrected chi connectivity index (χ4v) is 3.18. The van der Waals surface area contributed by atoms with Crippen molar-refractivity contribution in [3.8, 4) is 22.6 Å². The zero-order valence-electron chi connectivity index (χ0n) is 16.2. The summed E-state index contributed by atoms with van der Waals surface area (Å²) in [5.41, 5.74) is 6.80. The van der Waals surface area contributed by atoms with Crippen LogP contribution in [0.4, 0.5) is 19.1 Å². The lowest BCUT2D eigenvalue weighted by atomic mass is 10.1. The molecular formula is C21H16F3N5O2. The van der Waals surface area contributed by atoms with Gasteiger partial charge >= 0.3 is 12.1 Å². The van der Waals surface area contributed by atoms with Gasteiger partial charge in [0.05, 0.1) is 34.8 Å². The Morgan fingerprint density at radius 3 is 2.68 bits per heavy atom. The van der Waals surface area contributed by atoms with Crippen LogP contribution in [0.3, 0.4) is 0 Å². The van der Waals surface area contributed by atoms with Crippen molar-refractivity contribution >= 4 is 17.6 Å². The highest BCUT2D eigenvalue weighted by Crippen LogP contribution is 2.36. The number of ether oxygens (including phenoxy) is 1. The summed E-state index contributed by atoms with van der Waals surface area (Å²) in [5, 5.41) is 0. The van der Waals surface area contributed by atoms with Gasteiger partial charge in [-0.15, -0.1) is 0 Å². The minimum absolute atomic E-state index is 0.00517. The Labute approximate surface area is 174 Å². The molecule has 0 aliphatic heterocycles. The van der Waals surface area contributed by atoms with Crippen molar-refractivity contribution in [2.24, 2.45) is 0 Å². The molecule has 2 N–H and O–H groups in total. The van der Waals surface area contributed by atoms with Gasteiger partial charge in [0.1, 0.15) is 5.65 Å². The Balaban J connectivity index is 1.97. The molecule has 7 nitrogen and oxygen atoms in total. The molecule has 31 heavy (non-hydrogen) atoms. The van der Waals surface area contributed by atoms with E-state index in [-0.39, 0.29) is 29.4 Å². The number of rotatable bonds is 4. The van der Waals surface area contributed by atoms with Gasteiger partial charge in [0.2, 0.25) is 5.95 Å². The van der Waals surface area contributed by atoms with Crippen LogP contribution in [0.1, 0.15) is 22.8 Å². The highest BCUT2D eigenvalue weighted by Gasteiger charge is 2.31. The van der Waals surface area contributed by atoms with Crippen molar-refractivity contribution in [1.82, 2.24) is 19.4 Å². The fourth-order valence-electron chi connectivity index (χ4n) is 3.18. The van der Waals surface area contributed by atoms with Crippen LogP contribution in [0.15, 0.2) is 54.9 Å². The number of carbonyl (C=O) groups is 1. The van der Waals surface area contributed by atoms with Crippen LogP contribution in [0.25, 0.3) is 28.3 Å². The first-order chi connectivity index (χ1) is 14.8. The number of hydrogen-bond acceptors (Lipinski definition) is 6. The van der Waals surface area contributed by atoms with Crippen LogP contribution >= 0.6 is 0 Å². The van der Waals surface area contributed by atoms with Gasteiger partial charge in [0.25, 0.3) is 0 Å². The Morgan fingerprint density at radius 2 is 1.97 bits per heavy atom. The third-order valence-corrected chi connectivity index (χ3v) is 4.52. The Kier molecular flexibility index (Phi) is 5.05. The number of anilines is 1. The molecule has 0 saturated carbocycles. The number of pyridine rings is 1. The van der Waals surface area contributed by atoms with Gasteiger partial charge in [-0.3, -0.25) is 4.40 Å². The second kappa shape index (κ2) is 7.71. The summed E-state index contributed by atoms with van der Waals surface area (Å²) < 4.78 is 46.4. The predicted octanol–water partition coefficient (Wildman–Crippen LogP) is 4.24. The van der Waals surface area contributed by atoms with Gasteiger partial charge < -0.3 is 10.5 Å². The first-order valence-corrected chi connectivity index (χ1v) is 9.23. The monoisotopic (exact) mass is 427 g/mol. The molecule has 4 rings (SSSR count). The van der Waals surface area contributed by atoms with Crippen LogP contribution in [0.5, 0.6) is 0 Å². The van der Waals surface area contributed by atoms with Gasteiger partial charge in [-0.1, -0.05) is 12.1 Å². The number of aromatic nitrogens is 4. The molecule has 0 radical (unpaired) electrons. The minimum Gasteiger partial charge on any atom is -0.462 e. The molecule has 0 bridgehead atoms. The van der Waals surface area contributed by atoms with Gasteiger partial charge in [-0.05, 0) is 37.3 Å². The highest BCUT2D eigenvalue weighted by molar-refractivity contribution is 5.91. The highest BCUT2D eigenvalue weighted by atomic mass is 19.4. The number of alkyl halides is 3. The molecule has 0 fully saturated rings. The molecule has 0 spiro atoms. The molecule has 1 aromatic carbocycles. The second-order valence-electron chi connectivity index (χ2n) is 6.55. The lowest BCUT2D eigenvalue weighted by Gasteiger charge is -2.09. The molecule has 3 aromatic heterocycles. The van der Waals surface area contributed by atoms with Crippen LogP contribution in [-0.4, -0.2) is 31.9 Å². The first-order valence-electron chi connectivity index (χ1n) is 9.23. The maximum Gasteiger partial charge on any atom is 0.416 e. The largest absolute Gasteiger partial charge is 0.462 e. The van der Waals surface area contributed by atoms with Crippen molar-refractivity contribution < 1.29 is 22.7 Å². The van der Waals surface area contributed by atoms with Crippen molar-refractivity contribution in [3.63, 3.8) is 0 Å². The minimum atomic E-state index is -4.51. The third-order valence-electron chi connectivity index (χ3n) is 4.52. The van der Waals surface area contributed by atoms with Crippen molar-refractivity contribution in [3.05, 3.63) is 66.0 Å². The Bertz CT molecular complexity index is 1280. The van der Waals surface area contributed by atoms with Gasteiger partial charge in [0.15, 0.2) is 0 Å². The molecule has 0 atom stereocenters. The third kappa shape index (κ3) is 3.91. The average molecular weight is 427 g/mol. The molecule has 0 amide bonds. The van der Waals surface area contributed by atoms with E-state index < -0.39 is 17.7 Å². The molecule has 0 aliphatic carbocycles. The number of esters is 1. The molecular weight excluding hydrogens is 411 g/mol. The van der Waals surface area contributed by atoms with E-state index in [1.807, 2.05) is 0 Å². The fraction of sp³-hybridized carbons (Fsp3) is 0.143. The topological polar surface area (TPSA) is 95.4 Å². The summed E-state index contributed by atoms with van der Waals surface area (Å²) in [6.07, 6.45) is -1.48. The maximum absolute atomic E-state index is 13.3. The number of halogens is 3. The van der Waals surface area contributed by atoms with E-state index in [2.05, 4.69) is 15.0 Å². The molecule has 4 aromatic rings. The summed E-state index contributed by atoms with van der Waals surface area (Å²) >= 11 is 0. The Morgan fingerprint density at radius 1 is 1.16 bits per heavy atom. The lowest BCUT2D eigenvalue weighted by molar-refractivity contribution is -0.137. The first kappa shape index (κ1) is 20.3. The lowest BCUT2D eigenvalue weighted by Crippen LogP contribution is -2.05. The number of nitrogens with zero attached hydrogens (tertiary/aromatic N) is 4. The summed E-state index contributed by atoms with van der Waals surface area (Å²) in [7, 11) is 0. The Hall–Kier alpha value is -3.95. The average Bonchev–Trinajstić information content (AvgIpc) is 3.12. The van der Waals surface area contributed by atoms with E-state index in [0.717, 1.165) is 12.1 Å². The quantitative estimate of drug-likeness (QED) is 0.490. The van der Waals surface area contributed by atoms with Crippen LogP contribution < -0.4 is 5.73 Å². The molecule has 0 aliphatic rings. The molecule has 3 heterocycles. The molecule has 0 unspecified atom stereocenters. The smallest absolute Gasteiger partial charge is 0.416 e. The summed E-state index contributed by atoms with van der Waals surface area (Å²) in [6, 6.07) is 9.46. The number of carbonyl (C=O) groups excluding carboxylic acids is 1. The van der Waals surface area contributed by atoms with Crippen LogP contribution in [-0.2, 0) is 10.9 Å². The van der Waals surface area contributed by atoms with Gasteiger partial charge in [-0.2, -0.15) is 13.2 Å². The van der Waals surface area contributed by atoms with Crippen LogP contribution in [0.2, 0.25) is 0 Å². The standard InChI is InChI=1S/C21H16F3N5O2/c1-2-31-19(30)13-7-9-29-16(11-13)28-17(18(29)15-6-8-26-20(25)27-15)12-4-3-5-14(10-12)21(22,23)24/h3-11H,2H2,1H3,(H2,25,26,27). The van der Waals surface area contributed by atoms with Crippen molar-refractivity contribution in [2.75, 3.05) is 12.3 Å². The van der Waals surface area contributed by atoms with E-state index in [9.17, 15) is 18.0 Å².